The van der Waals surface area contributed by atoms with Gasteiger partial charge < -0.3 is 10.8 Å². The first-order chi connectivity index (χ1) is 8.24. The number of hydrogen-bond acceptors (Lipinski definition) is 2. The molecule has 0 amide bonds. The Morgan fingerprint density at radius 1 is 1.24 bits per heavy atom. The summed E-state index contributed by atoms with van der Waals surface area (Å²) in [6.45, 7) is 0.670. The summed E-state index contributed by atoms with van der Waals surface area (Å²) in [5, 5.41) is 9.56. The molecule has 1 aromatic rings. The van der Waals surface area contributed by atoms with Crippen molar-refractivity contribution in [1.82, 2.24) is 0 Å². The second-order valence-electron chi connectivity index (χ2n) is 5.04. The topological polar surface area (TPSA) is 46.2 Å². The van der Waals surface area contributed by atoms with Gasteiger partial charge >= 0.3 is 0 Å². The van der Waals surface area contributed by atoms with E-state index in [1.165, 1.54) is 5.56 Å². The average Bonchev–Trinajstić information content (AvgIpc) is 2.40. The number of nitrogens with two attached hydrogens (primary N) is 1. The first-order valence-electron chi connectivity index (χ1n) is 6.36. The van der Waals surface area contributed by atoms with Crippen LogP contribution in [0.1, 0.15) is 31.2 Å². The summed E-state index contributed by atoms with van der Waals surface area (Å²) in [5.74, 6) is 0. The molecule has 0 unspecified atom stereocenters. The van der Waals surface area contributed by atoms with E-state index in [0.29, 0.717) is 6.54 Å². The van der Waals surface area contributed by atoms with Crippen molar-refractivity contribution in [2.24, 2.45) is 11.1 Å². The van der Waals surface area contributed by atoms with Crippen molar-refractivity contribution < 1.29 is 5.11 Å². The highest BCUT2D eigenvalue weighted by Crippen LogP contribution is 2.37. The summed E-state index contributed by atoms with van der Waals surface area (Å²) in [6.07, 6.45) is 8.01. The lowest BCUT2D eigenvalue weighted by Crippen LogP contribution is -2.34. The summed E-state index contributed by atoms with van der Waals surface area (Å²) in [7, 11) is 0. The zero-order chi connectivity index (χ0) is 12.1. The minimum Gasteiger partial charge on any atom is -0.393 e. The molecule has 0 atom stereocenters. The monoisotopic (exact) mass is 231 g/mol. The third kappa shape index (κ3) is 3.18. The lowest BCUT2D eigenvalue weighted by Gasteiger charge is -2.35. The van der Waals surface area contributed by atoms with Crippen LogP contribution in [-0.2, 0) is 0 Å². The largest absolute Gasteiger partial charge is 0.393 e. The van der Waals surface area contributed by atoms with Crippen LogP contribution in [0.2, 0.25) is 0 Å². The van der Waals surface area contributed by atoms with Crippen LogP contribution in [0.4, 0.5) is 0 Å². The quantitative estimate of drug-likeness (QED) is 0.840. The molecule has 2 rings (SSSR count). The van der Waals surface area contributed by atoms with Crippen LogP contribution in [0.15, 0.2) is 36.4 Å². The highest BCUT2D eigenvalue weighted by molar-refractivity contribution is 5.49. The number of rotatable bonds is 3. The lowest BCUT2D eigenvalue weighted by atomic mass is 9.73. The fourth-order valence-corrected chi connectivity index (χ4v) is 2.45. The smallest absolute Gasteiger partial charge is 0.0540 e. The highest BCUT2D eigenvalue weighted by atomic mass is 16.3. The van der Waals surface area contributed by atoms with Gasteiger partial charge in [-0.05, 0) is 31.2 Å². The van der Waals surface area contributed by atoms with E-state index in [1.807, 2.05) is 18.2 Å². The summed E-state index contributed by atoms with van der Waals surface area (Å²) >= 11 is 0. The second-order valence-corrected chi connectivity index (χ2v) is 5.04. The predicted molar refractivity (Wildman–Crippen MR) is 71.4 cm³/mol. The van der Waals surface area contributed by atoms with Crippen molar-refractivity contribution in [3.05, 3.63) is 42.0 Å². The van der Waals surface area contributed by atoms with E-state index in [4.69, 9.17) is 5.73 Å². The second kappa shape index (κ2) is 5.48. The maximum atomic E-state index is 9.56. The van der Waals surface area contributed by atoms with E-state index >= 15 is 0 Å². The SMILES string of the molecule is NCC1(/C=C/c2ccccc2)CCC(O)CC1. The van der Waals surface area contributed by atoms with Gasteiger partial charge in [0.15, 0.2) is 0 Å². The van der Waals surface area contributed by atoms with Crippen molar-refractivity contribution >= 4 is 6.08 Å². The minimum absolute atomic E-state index is 0.0923. The molecule has 92 valence electrons. The summed E-state index contributed by atoms with van der Waals surface area (Å²) in [5.41, 5.74) is 7.22. The van der Waals surface area contributed by atoms with E-state index in [2.05, 4.69) is 24.3 Å². The molecule has 3 N–H and O–H groups in total. The van der Waals surface area contributed by atoms with Crippen LogP contribution in [0.5, 0.6) is 0 Å². The Morgan fingerprint density at radius 3 is 2.47 bits per heavy atom. The van der Waals surface area contributed by atoms with E-state index < -0.39 is 0 Å². The molecule has 0 saturated heterocycles. The molecule has 1 aliphatic rings. The zero-order valence-corrected chi connectivity index (χ0v) is 10.2. The van der Waals surface area contributed by atoms with Crippen molar-refractivity contribution in [2.45, 2.75) is 31.8 Å². The maximum absolute atomic E-state index is 9.56. The molecule has 0 aromatic heterocycles. The molecule has 0 heterocycles. The van der Waals surface area contributed by atoms with Gasteiger partial charge in [0.25, 0.3) is 0 Å². The van der Waals surface area contributed by atoms with E-state index in [-0.39, 0.29) is 11.5 Å². The van der Waals surface area contributed by atoms with E-state index in [1.54, 1.807) is 0 Å². The van der Waals surface area contributed by atoms with Crippen molar-refractivity contribution in [1.29, 1.82) is 0 Å². The third-order valence-electron chi connectivity index (χ3n) is 3.79. The van der Waals surface area contributed by atoms with Crippen molar-refractivity contribution in [2.75, 3.05) is 6.54 Å². The van der Waals surface area contributed by atoms with Crippen molar-refractivity contribution in [3.8, 4) is 0 Å². The zero-order valence-electron chi connectivity index (χ0n) is 10.2. The molecule has 2 heteroatoms. The van der Waals surface area contributed by atoms with Gasteiger partial charge in [-0.2, -0.15) is 0 Å². The Balaban J connectivity index is 2.07. The van der Waals surface area contributed by atoms with Gasteiger partial charge in [-0.15, -0.1) is 0 Å². The van der Waals surface area contributed by atoms with Gasteiger partial charge in [0.2, 0.25) is 0 Å². The molecule has 1 aromatic carbocycles. The van der Waals surface area contributed by atoms with Gasteiger partial charge in [-0.1, -0.05) is 42.5 Å². The summed E-state index contributed by atoms with van der Waals surface area (Å²) in [6, 6.07) is 10.3. The molecule has 0 radical (unpaired) electrons. The molecule has 0 bridgehead atoms. The molecule has 1 fully saturated rings. The molecular formula is C15H21NO. The highest BCUT2D eigenvalue weighted by Gasteiger charge is 2.30. The summed E-state index contributed by atoms with van der Waals surface area (Å²) < 4.78 is 0. The Hall–Kier alpha value is -1.12. The normalized spacial score (nSPS) is 29.6. The van der Waals surface area contributed by atoms with Crippen LogP contribution < -0.4 is 5.73 Å². The molecular weight excluding hydrogens is 210 g/mol. The van der Waals surface area contributed by atoms with Crippen molar-refractivity contribution in [3.63, 3.8) is 0 Å². The minimum atomic E-state index is -0.125. The Morgan fingerprint density at radius 2 is 1.88 bits per heavy atom. The van der Waals surface area contributed by atoms with E-state index in [9.17, 15) is 5.11 Å². The number of aliphatic hydroxyl groups is 1. The van der Waals surface area contributed by atoms with E-state index in [0.717, 1.165) is 25.7 Å². The van der Waals surface area contributed by atoms with Crippen LogP contribution in [0, 0.1) is 5.41 Å². The molecule has 17 heavy (non-hydrogen) atoms. The van der Waals surface area contributed by atoms with Gasteiger partial charge in [0, 0.05) is 12.0 Å². The number of benzene rings is 1. The van der Waals surface area contributed by atoms with Crippen LogP contribution in [0.25, 0.3) is 6.08 Å². The maximum Gasteiger partial charge on any atom is 0.0540 e. The molecule has 0 aliphatic heterocycles. The number of aliphatic hydroxyl groups excluding tert-OH is 1. The molecule has 1 saturated carbocycles. The Labute approximate surface area is 103 Å². The van der Waals surface area contributed by atoms with Gasteiger partial charge in [0.1, 0.15) is 0 Å². The third-order valence-corrected chi connectivity index (χ3v) is 3.79. The van der Waals surface area contributed by atoms with Crippen LogP contribution in [-0.4, -0.2) is 17.8 Å². The standard InChI is InChI=1S/C15H21NO/c16-12-15(10-7-14(17)8-11-15)9-6-13-4-2-1-3-5-13/h1-6,9,14,17H,7-8,10-12,16H2/b9-6+. The lowest BCUT2D eigenvalue weighted by molar-refractivity contribution is 0.0877. The number of hydrogen-bond donors (Lipinski definition) is 2. The first-order valence-corrected chi connectivity index (χ1v) is 6.36. The van der Waals surface area contributed by atoms with Crippen LogP contribution >= 0.6 is 0 Å². The van der Waals surface area contributed by atoms with Gasteiger partial charge in [0.05, 0.1) is 6.10 Å². The van der Waals surface area contributed by atoms with Gasteiger partial charge in [-0.25, -0.2) is 0 Å². The predicted octanol–water partition coefficient (Wildman–Crippen LogP) is 2.58. The molecule has 0 spiro atoms. The fourth-order valence-electron chi connectivity index (χ4n) is 2.45. The Bertz CT molecular complexity index is 364. The Kier molecular flexibility index (Phi) is 3.97. The van der Waals surface area contributed by atoms with Gasteiger partial charge in [-0.3, -0.25) is 0 Å². The van der Waals surface area contributed by atoms with Crippen LogP contribution in [0.3, 0.4) is 0 Å². The summed E-state index contributed by atoms with van der Waals surface area (Å²) in [4.78, 5) is 0. The first kappa shape index (κ1) is 12.3. The molecule has 1 aliphatic carbocycles. The fraction of sp³-hybridized carbons (Fsp3) is 0.467. The average molecular weight is 231 g/mol. The molecule has 2 nitrogen and oxygen atoms in total.